The molecular formula is C52H31N5O10. The third kappa shape index (κ3) is 7.53. The monoisotopic (exact) mass is 885 g/mol. The maximum Gasteiger partial charge on any atom is 0.335 e. The molecule has 1 aromatic heterocycles. The van der Waals surface area contributed by atoms with Crippen LogP contribution in [0.4, 0.5) is 17.1 Å². The molecule has 67 heavy (non-hydrogen) atoms. The second-order valence-corrected chi connectivity index (χ2v) is 15.4. The van der Waals surface area contributed by atoms with Crippen molar-refractivity contribution in [3.8, 4) is 45.4 Å². The van der Waals surface area contributed by atoms with Crippen molar-refractivity contribution >= 4 is 58.5 Å². The maximum atomic E-state index is 14.0. The Morgan fingerprint density at radius 3 is 1.48 bits per heavy atom. The van der Waals surface area contributed by atoms with E-state index in [2.05, 4.69) is 10.3 Å². The van der Waals surface area contributed by atoms with Gasteiger partial charge < -0.3 is 25.3 Å². The van der Waals surface area contributed by atoms with Crippen molar-refractivity contribution in [3.63, 3.8) is 0 Å². The number of imide groups is 2. The quantitative estimate of drug-likeness (QED) is 0.0897. The summed E-state index contributed by atoms with van der Waals surface area (Å²) in [7, 11) is 0. The van der Waals surface area contributed by atoms with Crippen LogP contribution in [-0.2, 0) is 0 Å². The van der Waals surface area contributed by atoms with Crippen LogP contribution in [0.25, 0.3) is 33.9 Å². The number of H-pyrrole nitrogens is 1. The number of aromatic carboxylic acids is 2. The smallest absolute Gasteiger partial charge is 0.335 e. The molecule has 324 valence electrons. The van der Waals surface area contributed by atoms with Crippen LogP contribution in [0, 0.1) is 0 Å². The average molecular weight is 886 g/mol. The molecular weight excluding hydrogens is 855 g/mol. The van der Waals surface area contributed by atoms with E-state index >= 15 is 0 Å². The van der Waals surface area contributed by atoms with E-state index < -0.39 is 41.5 Å². The molecule has 0 spiro atoms. The zero-order valence-electron chi connectivity index (χ0n) is 34.6. The number of ether oxygens (including phenoxy) is 1. The fraction of sp³-hybridized carbons (Fsp3) is 0. The van der Waals surface area contributed by atoms with E-state index in [4.69, 9.17) is 9.72 Å². The van der Waals surface area contributed by atoms with E-state index in [1.165, 1.54) is 42.5 Å². The predicted octanol–water partition coefficient (Wildman–Crippen LogP) is 9.45. The largest absolute Gasteiger partial charge is 0.478 e. The number of aromatic amines is 1. The first-order valence-corrected chi connectivity index (χ1v) is 20.5. The molecule has 0 radical (unpaired) electrons. The number of aromatic nitrogens is 2. The van der Waals surface area contributed by atoms with Crippen molar-refractivity contribution in [2.24, 2.45) is 0 Å². The number of benzene rings is 7. The Morgan fingerprint density at radius 2 is 0.970 bits per heavy atom. The minimum Gasteiger partial charge on any atom is -0.478 e. The molecule has 10 rings (SSSR count). The third-order valence-electron chi connectivity index (χ3n) is 11.2. The highest BCUT2D eigenvalue weighted by atomic mass is 16.5. The van der Waals surface area contributed by atoms with E-state index in [1.807, 2.05) is 72.8 Å². The molecule has 7 aromatic carbocycles. The Bertz CT molecular complexity index is 3240. The summed E-state index contributed by atoms with van der Waals surface area (Å²) < 4.78 is 6.11. The highest BCUT2D eigenvalue weighted by Crippen LogP contribution is 2.37. The van der Waals surface area contributed by atoms with Crippen LogP contribution >= 0.6 is 0 Å². The number of fused-ring (bicyclic) bond motifs is 2. The number of hydrogen-bond acceptors (Lipinski definition) is 9. The van der Waals surface area contributed by atoms with Crippen LogP contribution in [0.5, 0.6) is 11.5 Å². The summed E-state index contributed by atoms with van der Waals surface area (Å²) in [4.78, 5) is 102. The first kappa shape index (κ1) is 41.3. The van der Waals surface area contributed by atoms with Gasteiger partial charge in [0, 0.05) is 27.9 Å². The summed E-state index contributed by atoms with van der Waals surface area (Å²) in [6.45, 7) is 0. The molecule has 5 amide bonds. The molecule has 3 heterocycles. The van der Waals surface area contributed by atoms with E-state index in [9.17, 15) is 43.8 Å². The molecule has 2 aliphatic heterocycles. The number of carboxylic acids is 2. The van der Waals surface area contributed by atoms with Gasteiger partial charge in [0.2, 0.25) is 0 Å². The first-order valence-electron chi connectivity index (χ1n) is 20.5. The van der Waals surface area contributed by atoms with E-state index in [-0.39, 0.29) is 50.3 Å². The van der Waals surface area contributed by atoms with Crippen LogP contribution in [0.1, 0.15) is 72.5 Å². The van der Waals surface area contributed by atoms with Gasteiger partial charge in [-0.3, -0.25) is 24.0 Å². The van der Waals surface area contributed by atoms with Crippen molar-refractivity contribution < 1.29 is 48.5 Å². The number of carbonyl (C=O) groups excluding carboxylic acids is 5. The van der Waals surface area contributed by atoms with E-state index in [0.29, 0.717) is 32.8 Å². The number of anilines is 3. The van der Waals surface area contributed by atoms with Crippen molar-refractivity contribution in [3.05, 3.63) is 203 Å². The number of nitrogens with zero attached hydrogens (tertiary/aromatic N) is 3. The van der Waals surface area contributed by atoms with Gasteiger partial charge in [0.1, 0.15) is 17.3 Å². The second kappa shape index (κ2) is 16.4. The summed E-state index contributed by atoms with van der Waals surface area (Å²) in [5.41, 5.74) is 3.17. The Kier molecular flexibility index (Phi) is 10.1. The minimum atomic E-state index is -1.32. The van der Waals surface area contributed by atoms with Crippen molar-refractivity contribution in [2.45, 2.75) is 0 Å². The molecule has 0 aliphatic carbocycles. The maximum absolute atomic E-state index is 14.0. The van der Waals surface area contributed by atoms with Gasteiger partial charge in [-0.15, -0.1) is 0 Å². The normalized spacial score (nSPS) is 12.8. The van der Waals surface area contributed by atoms with Gasteiger partial charge >= 0.3 is 11.9 Å². The molecule has 0 bridgehead atoms. The van der Waals surface area contributed by atoms with Gasteiger partial charge in [0.15, 0.2) is 0 Å². The third-order valence-corrected chi connectivity index (χ3v) is 11.2. The average Bonchev–Trinajstić information content (AvgIpc) is 3.98. The zero-order chi connectivity index (χ0) is 46.5. The van der Waals surface area contributed by atoms with Gasteiger partial charge in [0.05, 0.1) is 56.1 Å². The summed E-state index contributed by atoms with van der Waals surface area (Å²) in [5.74, 6) is -5.24. The lowest BCUT2D eigenvalue weighted by Crippen LogP contribution is -2.32. The molecule has 0 saturated carbocycles. The van der Waals surface area contributed by atoms with Gasteiger partial charge in [-0.2, -0.15) is 0 Å². The van der Waals surface area contributed by atoms with Crippen molar-refractivity contribution in [2.75, 3.05) is 15.1 Å². The number of hydrogen-bond donors (Lipinski definition) is 4. The van der Waals surface area contributed by atoms with Crippen LogP contribution in [0.15, 0.2) is 164 Å². The predicted molar refractivity (Wildman–Crippen MR) is 245 cm³/mol. The molecule has 0 unspecified atom stereocenters. The minimum absolute atomic E-state index is 0.0982. The van der Waals surface area contributed by atoms with Crippen LogP contribution in [-0.4, -0.2) is 61.7 Å². The highest BCUT2D eigenvalue weighted by molar-refractivity contribution is 6.37. The lowest BCUT2D eigenvalue weighted by atomic mass is 10.1. The number of amides is 5. The van der Waals surface area contributed by atoms with Gasteiger partial charge in [-0.1, -0.05) is 60.7 Å². The fourth-order valence-electron chi connectivity index (χ4n) is 7.96. The molecule has 0 fully saturated rings. The number of carboxylic acid groups (broad SMARTS) is 2. The number of imidazole rings is 1. The molecule has 2 aliphatic rings. The topological polar surface area (TPSA) is 216 Å². The molecule has 0 atom stereocenters. The fourth-order valence-corrected chi connectivity index (χ4v) is 7.96. The summed E-state index contributed by atoms with van der Waals surface area (Å²) in [6.07, 6.45) is 0. The number of carbonyl (C=O) groups is 7. The Balaban J connectivity index is 0.903. The van der Waals surface area contributed by atoms with E-state index in [1.54, 1.807) is 36.4 Å². The van der Waals surface area contributed by atoms with Gasteiger partial charge in [0.25, 0.3) is 29.5 Å². The Labute approximate surface area is 379 Å². The molecule has 15 nitrogen and oxygen atoms in total. The van der Waals surface area contributed by atoms with Gasteiger partial charge in [-0.05, 0) is 103 Å². The molecule has 15 heteroatoms. The second-order valence-electron chi connectivity index (χ2n) is 15.4. The van der Waals surface area contributed by atoms with Gasteiger partial charge in [-0.25, -0.2) is 24.4 Å². The molecule has 8 aromatic rings. The number of nitrogens with one attached hydrogen (secondary N) is 2. The first-order chi connectivity index (χ1) is 32.4. The van der Waals surface area contributed by atoms with Crippen molar-refractivity contribution in [1.29, 1.82) is 0 Å². The zero-order valence-corrected chi connectivity index (χ0v) is 34.6. The van der Waals surface area contributed by atoms with Crippen LogP contribution < -0.4 is 19.9 Å². The number of rotatable bonds is 11. The lowest BCUT2D eigenvalue weighted by Gasteiger charge is -2.20. The lowest BCUT2D eigenvalue weighted by molar-refractivity contribution is 0.0686. The SMILES string of the molecule is O=C(O)c1ccc2c(c1)C(=O)N(c1cc(C(=O)Nc3ccc(Oc4ccc(-c5nc(-c6ccccc6)c(-c6ccccc6)[nH]5)cc4)cc3)cc(N3C(=O)c4ccc(C(=O)O)cc4C3=O)c1)C2=O. The van der Waals surface area contributed by atoms with Crippen LogP contribution in [0.2, 0.25) is 0 Å². The van der Waals surface area contributed by atoms with Crippen LogP contribution in [0.3, 0.4) is 0 Å². The Hall–Kier alpha value is -9.76. The standard InChI is InChI=1S/C52H31N5O10/c58-46(53-34-15-19-38(20-16-34)67-37-17-11-30(12-18-37)45-54-43(28-7-3-1-4-8-28)44(55-45)29-9-5-2-6-10-29)33-23-35(56-47(59)39-21-13-31(51(63)64)25-41(39)49(56)61)27-36(24-33)57-48(60)40-22-14-32(52(65)66)26-42(40)50(57)62/h1-27H,(H,53,58)(H,54,55)(H,63,64)(H,65,66). The Morgan fingerprint density at radius 1 is 0.493 bits per heavy atom. The molecule has 0 saturated heterocycles. The summed E-state index contributed by atoms with van der Waals surface area (Å²) in [5, 5.41) is 21.8. The highest BCUT2D eigenvalue weighted by Gasteiger charge is 2.41. The van der Waals surface area contributed by atoms with Crippen molar-refractivity contribution in [1.82, 2.24) is 9.97 Å². The molecule has 4 N–H and O–H groups in total. The summed E-state index contributed by atoms with van der Waals surface area (Å²) in [6, 6.07) is 44.2. The summed E-state index contributed by atoms with van der Waals surface area (Å²) >= 11 is 0. The van der Waals surface area contributed by atoms with E-state index in [0.717, 1.165) is 40.2 Å².